The predicted molar refractivity (Wildman–Crippen MR) is 88.1 cm³/mol. The van der Waals surface area contributed by atoms with E-state index < -0.39 is 10.0 Å². The zero-order valence-corrected chi connectivity index (χ0v) is 14.1. The van der Waals surface area contributed by atoms with Gasteiger partial charge in [-0.1, -0.05) is 24.3 Å². The van der Waals surface area contributed by atoms with Crippen molar-refractivity contribution in [2.45, 2.75) is 18.7 Å². The van der Waals surface area contributed by atoms with Crippen LogP contribution in [0, 0.1) is 13.8 Å². The zero-order valence-electron chi connectivity index (χ0n) is 11.7. The van der Waals surface area contributed by atoms with E-state index in [0.717, 1.165) is 10.9 Å². The molecule has 0 radical (unpaired) electrons. The third-order valence-corrected chi connectivity index (χ3v) is 6.24. The number of fused-ring (bicyclic) bond motifs is 1. The van der Waals surface area contributed by atoms with E-state index in [0.29, 0.717) is 15.7 Å². The molecule has 0 saturated carbocycles. The largest absolute Gasteiger partial charge is 0.269 e. The van der Waals surface area contributed by atoms with Crippen LogP contribution in [0.4, 0.5) is 0 Å². The summed E-state index contributed by atoms with van der Waals surface area (Å²) in [6.07, 6.45) is 0. The number of aryl methyl sites for hydroxylation is 2. The van der Waals surface area contributed by atoms with E-state index in [1.807, 2.05) is 43.3 Å². The van der Waals surface area contributed by atoms with Gasteiger partial charge in [0.25, 0.3) is 10.0 Å². The Labute approximate surface area is 132 Å². The highest BCUT2D eigenvalue weighted by molar-refractivity contribution is 9.10. The van der Waals surface area contributed by atoms with Crippen molar-refractivity contribution in [3.63, 3.8) is 0 Å². The Morgan fingerprint density at radius 3 is 2.43 bits per heavy atom. The van der Waals surface area contributed by atoms with Gasteiger partial charge in [-0.2, -0.15) is 0 Å². The maximum Gasteiger partial charge on any atom is 0.269 e. The van der Waals surface area contributed by atoms with E-state index in [-0.39, 0.29) is 4.90 Å². The van der Waals surface area contributed by atoms with Crippen LogP contribution in [-0.2, 0) is 10.0 Å². The van der Waals surface area contributed by atoms with Crippen LogP contribution in [0.25, 0.3) is 10.9 Å². The summed E-state index contributed by atoms with van der Waals surface area (Å²) in [6.45, 7) is 3.73. The second kappa shape index (κ2) is 5.00. The summed E-state index contributed by atoms with van der Waals surface area (Å²) in [5.74, 6) is 0. The van der Waals surface area contributed by atoms with Gasteiger partial charge in [-0.25, -0.2) is 12.4 Å². The first-order valence-electron chi connectivity index (χ1n) is 6.50. The van der Waals surface area contributed by atoms with E-state index in [4.69, 9.17) is 0 Å². The molecule has 1 aromatic heterocycles. The van der Waals surface area contributed by atoms with Gasteiger partial charge in [0.05, 0.1) is 5.52 Å². The molecule has 2 aromatic carbocycles. The number of hydrogen-bond acceptors (Lipinski definition) is 2. The van der Waals surface area contributed by atoms with Gasteiger partial charge in [0, 0.05) is 15.6 Å². The second-order valence-corrected chi connectivity index (χ2v) is 7.66. The molecule has 0 unspecified atom stereocenters. The molecule has 0 fully saturated rings. The number of rotatable bonds is 2. The first-order chi connectivity index (χ1) is 9.91. The van der Waals surface area contributed by atoms with Crippen LogP contribution in [0.15, 0.2) is 57.9 Å². The first kappa shape index (κ1) is 14.4. The molecule has 0 N–H and O–H groups in total. The van der Waals surface area contributed by atoms with Crippen LogP contribution in [0.1, 0.15) is 11.3 Å². The minimum atomic E-state index is -3.63. The van der Waals surface area contributed by atoms with E-state index >= 15 is 0 Å². The summed E-state index contributed by atoms with van der Waals surface area (Å²) in [5.41, 5.74) is 2.40. The molecule has 5 heteroatoms. The molecule has 0 aliphatic rings. The average molecular weight is 364 g/mol. The molecule has 108 valence electrons. The summed E-state index contributed by atoms with van der Waals surface area (Å²) in [5, 5.41) is 0.918. The van der Waals surface area contributed by atoms with Gasteiger partial charge in [-0.15, -0.1) is 0 Å². The maximum absolute atomic E-state index is 13.0. The van der Waals surface area contributed by atoms with Crippen LogP contribution in [0.5, 0.6) is 0 Å². The Hall–Kier alpha value is -1.59. The summed E-state index contributed by atoms with van der Waals surface area (Å²) in [4.78, 5) is 0.276. The summed E-state index contributed by atoms with van der Waals surface area (Å²) in [7, 11) is -3.63. The molecule has 3 aromatic rings. The zero-order chi connectivity index (χ0) is 15.2. The van der Waals surface area contributed by atoms with Crippen molar-refractivity contribution in [3.05, 3.63) is 64.3 Å². The fourth-order valence-corrected chi connectivity index (χ4v) is 5.21. The Bertz CT molecular complexity index is 942. The smallest absolute Gasteiger partial charge is 0.238 e. The predicted octanol–water partition coefficient (Wildman–Crippen LogP) is 4.26. The Kier molecular flexibility index (Phi) is 3.42. The molecule has 3 rings (SSSR count). The van der Waals surface area contributed by atoms with Gasteiger partial charge >= 0.3 is 0 Å². The monoisotopic (exact) mass is 363 g/mol. The molecule has 3 nitrogen and oxygen atoms in total. The lowest BCUT2D eigenvalue weighted by molar-refractivity contribution is 0.587. The van der Waals surface area contributed by atoms with Gasteiger partial charge in [0.15, 0.2) is 0 Å². The molecule has 0 aliphatic carbocycles. The molecule has 0 aliphatic heterocycles. The number of hydrogen-bond donors (Lipinski definition) is 0. The van der Waals surface area contributed by atoms with Gasteiger partial charge in [0.2, 0.25) is 0 Å². The number of halogens is 1. The van der Waals surface area contributed by atoms with E-state index in [2.05, 4.69) is 15.9 Å². The Morgan fingerprint density at radius 2 is 1.71 bits per heavy atom. The average Bonchev–Trinajstić information content (AvgIpc) is 2.74. The molecule has 0 atom stereocenters. The highest BCUT2D eigenvalue weighted by Crippen LogP contribution is 2.29. The maximum atomic E-state index is 13.0. The fourth-order valence-electron chi connectivity index (χ4n) is 2.50. The molecular weight excluding hydrogens is 350 g/mol. The van der Waals surface area contributed by atoms with Crippen molar-refractivity contribution in [3.8, 4) is 0 Å². The van der Waals surface area contributed by atoms with Crippen molar-refractivity contribution in [2.75, 3.05) is 0 Å². The normalized spacial score (nSPS) is 12.0. The van der Waals surface area contributed by atoms with Crippen molar-refractivity contribution in [2.24, 2.45) is 0 Å². The molecule has 0 saturated heterocycles. The molecule has 0 amide bonds. The van der Waals surface area contributed by atoms with Crippen LogP contribution in [-0.4, -0.2) is 12.4 Å². The molecule has 0 spiro atoms. The quantitative estimate of drug-likeness (QED) is 0.682. The highest BCUT2D eigenvalue weighted by atomic mass is 79.9. The number of nitrogens with zero attached hydrogens (tertiary/aromatic N) is 1. The molecular formula is C16H14BrNO2S. The van der Waals surface area contributed by atoms with E-state index in [1.165, 1.54) is 3.97 Å². The first-order valence-corrected chi connectivity index (χ1v) is 8.73. The van der Waals surface area contributed by atoms with E-state index in [1.54, 1.807) is 19.1 Å². The van der Waals surface area contributed by atoms with E-state index in [9.17, 15) is 8.42 Å². The minimum absolute atomic E-state index is 0.276. The lowest BCUT2D eigenvalue weighted by Crippen LogP contribution is -2.14. The SMILES string of the molecule is Cc1ccc(S(=O)(=O)n2c(C)cc3ccccc32)c(Br)c1. The molecule has 1 heterocycles. The van der Waals surface area contributed by atoms with Gasteiger partial charge in [-0.05, 0) is 59.6 Å². The van der Waals surface area contributed by atoms with Crippen LogP contribution in [0.2, 0.25) is 0 Å². The van der Waals surface area contributed by atoms with Gasteiger partial charge in [-0.3, -0.25) is 0 Å². The Balaban J connectivity index is 2.33. The number of benzene rings is 2. The topological polar surface area (TPSA) is 39.1 Å². The van der Waals surface area contributed by atoms with Crippen LogP contribution in [0.3, 0.4) is 0 Å². The lowest BCUT2D eigenvalue weighted by Gasteiger charge is -2.12. The standard InChI is InChI=1S/C16H14BrNO2S/c1-11-7-8-16(14(17)9-11)21(19,20)18-12(2)10-13-5-3-4-6-15(13)18/h3-10H,1-2H3. The third-order valence-electron chi connectivity index (χ3n) is 3.45. The Morgan fingerprint density at radius 1 is 1.00 bits per heavy atom. The number of para-hydroxylation sites is 1. The van der Waals surface area contributed by atoms with Gasteiger partial charge in [0.1, 0.15) is 4.90 Å². The van der Waals surface area contributed by atoms with Crippen molar-refractivity contribution < 1.29 is 8.42 Å². The van der Waals surface area contributed by atoms with Crippen molar-refractivity contribution >= 4 is 36.9 Å². The summed E-state index contributed by atoms with van der Waals surface area (Å²) >= 11 is 3.36. The highest BCUT2D eigenvalue weighted by Gasteiger charge is 2.23. The lowest BCUT2D eigenvalue weighted by atomic mass is 10.2. The fraction of sp³-hybridized carbons (Fsp3) is 0.125. The summed E-state index contributed by atoms with van der Waals surface area (Å²) in [6, 6.07) is 14.6. The second-order valence-electron chi connectivity index (χ2n) is 5.05. The third kappa shape index (κ3) is 2.30. The van der Waals surface area contributed by atoms with Crippen molar-refractivity contribution in [1.29, 1.82) is 0 Å². The van der Waals surface area contributed by atoms with Crippen molar-refractivity contribution in [1.82, 2.24) is 3.97 Å². The molecule has 0 bridgehead atoms. The van der Waals surface area contributed by atoms with Gasteiger partial charge < -0.3 is 0 Å². The van der Waals surface area contributed by atoms with Crippen LogP contribution >= 0.6 is 15.9 Å². The molecule has 21 heavy (non-hydrogen) atoms. The summed E-state index contributed by atoms with van der Waals surface area (Å²) < 4.78 is 28.0. The number of aromatic nitrogens is 1. The van der Waals surface area contributed by atoms with Crippen LogP contribution < -0.4 is 0 Å². The minimum Gasteiger partial charge on any atom is -0.238 e.